The maximum Gasteiger partial charge on any atom is 0.153 e. The van der Waals surface area contributed by atoms with Crippen LogP contribution in [0.1, 0.15) is 63.7 Å². The van der Waals surface area contributed by atoms with Crippen molar-refractivity contribution in [2.24, 2.45) is 5.41 Å². The fourth-order valence-corrected chi connectivity index (χ4v) is 2.06. The Balaban J connectivity index is 0.000000327. The number of nitrogens with one attached hydrogen (secondary N) is 1. The molecule has 4 nitrogen and oxygen atoms in total. The predicted molar refractivity (Wildman–Crippen MR) is 83.9 cm³/mol. The summed E-state index contributed by atoms with van der Waals surface area (Å²) in [7, 11) is 2.07. The summed E-state index contributed by atoms with van der Waals surface area (Å²) in [4.78, 5) is 17.2. The van der Waals surface area contributed by atoms with E-state index < -0.39 is 0 Å². The number of hydrogen-bond donors (Lipinski definition) is 1. The summed E-state index contributed by atoms with van der Waals surface area (Å²) in [5, 5.41) is 3.34. The van der Waals surface area contributed by atoms with Gasteiger partial charge in [-0.15, -0.1) is 0 Å². The lowest BCUT2D eigenvalue weighted by atomic mass is 9.76. The largest absolute Gasteiger partial charge is 0.317 e. The molecule has 0 aliphatic heterocycles. The van der Waals surface area contributed by atoms with Gasteiger partial charge in [-0.25, -0.2) is 9.97 Å². The summed E-state index contributed by atoms with van der Waals surface area (Å²) < 4.78 is 0. The van der Waals surface area contributed by atoms with Crippen LogP contribution < -0.4 is 5.32 Å². The van der Waals surface area contributed by atoms with E-state index in [-0.39, 0.29) is 0 Å². The van der Waals surface area contributed by atoms with E-state index in [0.717, 1.165) is 6.04 Å². The van der Waals surface area contributed by atoms with Crippen molar-refractivity contribution in [2.45, 2.75) is 59.4 Å². The van der Waals surface area contributed by atoms with E-state index in [0.29, 0.717) is 17.3 Å². The highest BCUT2D eigenvalue weighted by Gasteiger charge is 2.25. The quantitative estimate of drug-likeness (QED) is 0.842. The third kappa shape index (κ3) is 8.00. The first-order chi connectivity index (χ1) is 9.57. The van der Waals surface area contributed by atoms with Crippen LogP contribution in [0.3, 0.4) is 0 Å². The Morgan fingerprint density at radius 3 is 2.05 bits per heavy atom. The lowest BCUT2D eigenvalue weighted by Crippen LogP contribution is -2.33. The van der Waals surface area contributed by atoms with Crippen LogP contribution in [0.2, 0.25) is 0 Å². The zero-order valence-electron chi connectivity index (χ0n) is 13.5. The van der Waals surface area contributed by atoms with Gasteiger partial charge < -0.3 is 5.32 Å². The fraction of sp³-hybridized carbons (Fsp3) is 0.688. The molecule has 114 valence electrons. The number of nitrogens with zero attached hydrogens (tertiary/aromatic N) is 2. The minimum absolute atomic E-state index is 0.507. The summed E-state index contributed by atoms with van der Waals surface area (Å²) in [6, 6.07) is 0.799. The molecule has 0 aromatic carbocycles. The number of hydrogen-bond acceptors (Lipinski definition) is 4. The zero-order chi connectivity index (χ0) is 15.4. The molecule has 1 aromatic rings. The molecule has 0 radical (unpaired) electrons. The molecule has 1 aliphatic carbocycles. The molecule has 2 rings (SSSR count). The van der Waals surface area contributed by atoms with Crippen LogP contribution in [0.15, 0.2) is 18.7 Å². The monoisotopic (exact) mass is 279 g/mol. The van der Waals surface area contributed by atoms with Gasteiger partial charge in [-0.1, -0.05) is 27.7 Å². The molecule has 0 saturated heterocycles. The molecule has 4 heteroatoms. The Kier molecular flexibility index (Phi) is 9.82. The molecule has 0 atom stereocenters. The predicted octanol–water partition coefficient (Wildman–Crippen LogP) is 3.49. The Morgan fingerprint density at radius 2 is 1.70 bits per heavy atom. The second-order valence-electron chi connectivity index (χ2n) is 5.52. The van der Waals surface area contributed by atoms with Crippen molar-refractivity contribution in [3.8, 4) is 0 Å². The maximum absolute atomic E-state index is 9.93. The molecule has 1 fully saturated rings. The van der Waals surface area contributed by atoms with Crippen LogP contribution in [0.5, 0.6) is 0 Å². The highest BCUT2D eigenvalue weighted by Crippen LogP contribution is 2.34. The molecular formula is C16H29N3O. The van der Waals surface area contributed by atoms with Crippen molar-refractivity contribution in [1.82, 2.24) is 15.3 Å². The summed E-state index contributed by atoms with van der Waals surface area (Å²) in [5.41, 5.74) is 1.13. The Hall–Kier alpha value is -1.29. The van der Waals surface area contributed by atoms with Crippen molar-refractivity contribution >= 4 is 6.29 Å². The van der Waals surface area contributed by atoms with E-state index in [9.17, 15) is 4.79 Å². The van der Waals surface area contributed by atoms with Gasteiger partial charge in [0.25, 0.3) is 0 Å². The van der Waals surface area contributed by atoms with E-state index in [2.05, 4.69) is 36.2 Å². The summed E-state index contributed by atoms with van der Waals surface area (Å²) in [6.07, 6.45) is 10.5. The van der Waals surface area contributed by atoms with Crippen LogP contribution in [-0.2, 0) is 0 Å². The van der Waals surface area contributed by atoms with E-state index in [1.165, 1.54) is 44.4 Å². The van der Waals surface area contributed by atoms with Crippen molar-refractivity contribution in [1.29, 1.82) is 0 Å². The minimum Gasteiger partial charge on any atom is -0.317 e. The lowest BCUT2D eigenvalue weighted by Gasteiger charge is -2.33. The molecule has 0 amide bonds. The van der Waals surface area contributed by atoms with Gasteiger partial charge >= 0.3 is 0 Å². The molecule has 1 N–H and O–H groups in total. The molecule has 1 aromatic heterocycles. The van der Waals surface area contributed by atoms with Gasteiger partial charge in [0.05, 0.1) is 5.56 Å². The smallest absolute Gasteiger partial charge is 0.153 e. The van der Waals surface area contributed by atoms with Gasteiger partial charge in [0.15, 0.2) is 6.29 Å². The Morgan fingerprint density at radius 1 is 1.20 bits per heavy atom. The first kappa shape index (κ1) is 18.7. The van der Waals surface area contributed by atoms with Crippen molar-refractivity contribution in [2.75, 3.05) is 7.05 Å². The molecule has 1 heterocycles. The molecule has 0 unspecified atom stereocenters. The average molecular weight is 279 g/mol. The first-order valence-electron chi connectivity index (χ1n) is 7.45. The number of carbonyl (C=O) groups excluding carboxylic acids is 1. The van der Waals surface area contributed by atoms with Crippen LogP contribution in [0.4, 0.5) is 0 Å². The SMILES string of the molecule is CC.CNC1CCC(C)(C)CC1.O=Cc1cncnc1. The van der Waals surface area contributed by atoms with Gasteiger partial charge in [0.2, 0.25) is 0 Å². The second kappa shape index (κ2) is 10.5. The average Bonchev–Trinajstić information content (AvgIpc) is 2.51. The molecule has 0 bridgehead atoms. The van der Waals surface area contributed by atoms with Crippen LogP contribution >= 0.6 is 0 Å². The highest BCUT2D eigenvalue weighted by atomic mass is 16.1. The van der Waals surface area contributed by atoms with Crippen LogP contribution in [0, 0.1) is 5.41 Å². The number of aromatic nitrogens is 2. The Bertz CT molecular complexity index is 342. The Labute approximate surface area is 123 Å². The topological polar surface area (TPSA) is 54.9 Å². The standard InChI is InChI=1S/C9H19N.C5H4N2O.C2H6/c1-9(2)6-4-8(10-3)5-7-9;8-3-5-1-6-4-7-2-5;1-2/h8,10H,4-7H2,1-3H3;1-4H;1-2H3. The lowest BCUT2D eigenvalue weighted by molar-refractivity contribution is 0.112. The molecule has 20 heavy (non-hydrogen) atoms. The molecule has 0 spiro atoms. The van der Waals surface area contributed by atoms with E-state index in [1.54, 1.807) is 0 Å². The summed E-state index contributed by atoms with van der Waals surface area (Å²) in [5.74, 6) is 0. The second-order valence-corrected chi connectivity index (χ2v) is 5.52. The molecule has 1 saturated carbocycles. The number of rotatable bonds is 2. The fourth-order valence-electron chi connectivity index (χ4n) is 2.06. The molecule has 1 aliphatic rings. The van der Waals surface area contributed by atoms with Gasteiger partial charge in [-0.05, 0) is 38.1 Å². The van der Waals surface area contributed by atoms with E-state index >= 15 is 0 Å². The summed E-state index contributed by atoms with van der Waals surface area (Å²) in [6.45, 7) is 8.75. The third-order valence-electron chi connectivity index (χ3n) is 3.46. The summed E-state index contributed by atoms with van der Waals surface area (Å²) >= 11 is 0. The van der Waals surface area contributed by atoms with Crippen molar-refractivity contribution in [3.63, 3.8) is 0 Å². The van der Waals surface area contributed by atoms with Crippen LogP contribution in [-0.4, -0.2) is 29.3 Å². The zero-order valence-corrected chi connectivity index (χ0v) is 13.5. The minimum atomic E-state index is 0.507. The maximum atomic E-state index is 9.93. The van der Waals surface area contributed by atoms with Crippen molar-refractivity contribution < 1.29 is 4.79 Å². The molecular weight excluding hydrogens is 250 g/mol. The van der Waals surface area contributed by atoms with Crippen molar-refractivity contribution in [3.05, 3.63) is 24.3 Å². The third-order valence-corrected chi connectivity index (χ3v) is 3.46. The van der Waals surface area contributed by atoms with Gasteiger partial charge in [0.1, 0.15) is 6.33 Å². The number of carbonyl (C=O) groups is 1. The van der Waals surface area contributed by atoms with Gasteiger partial charge in [0, 0.05) is 18.4 Å². The highest BCUT2D eigenvalue weighted by molar-refractivity contribution is 5.73. The van der Waals surface area contributed by atoms with E-state index in [1.807, 2.05) is 13.8 Å². The number of aldehydes is 1. The van der Waals surface area contributed by atoms with Crippen LogP contribution in [0.25, 0.3) is 0 Å². The normalized spacial score (nSPS) is 17.1. The first-order valence-corrected chi connectivity index (χ1v) is 7.45. The van der Waals surface area contributed by atoms with Gasteiger partial charge in [-0.3, -0.25) is 4.79 Å². The van der Waals surface area contributed by atoms with Gasteiger partial charge in [-0.2, -0.15) is 0 Å². The van der Waals surface area contributed by atoms with E-state index in [4.69, 9.17) is 0 Å².